The predicted molar refractivity (Wildman–Crippen MR) is 182 cm³/mol. The molecule has 1 atom stereocenters. The molecule has 4 rings (SSSR count). The van der Waals surface area contributed by atoms with Gasteiger partial charge in [-0.05, 0) is 55.8 Å². The largest absolute Gasteiger partial charge is 2.00 e. The van der Waals surface area contributed by atoms with Gasteiger partial charge >= 0.3 is 46.9 Å². The van der Waals surface area contributed by atoms with Crippen LogP contribution < -0.4 is 31.2 Å². The number of esters is 2. The van der Waals surface area contributed by atoms with Crippen LogP contribution in [0.1, 0.15) is 64.2 Å². The maximum atomic E-state index is 10.6. The van der Waals surface area contributed by atoms with E-state index in [1.165, 1.54) is 62.4 Å². The van der Waals surface area contributed by atoms with Gasteiger partial charge in [0.1, 0.15) is 28.9 Å². The van der Waals surface area contributed by atoms with E-state index >= 15 is 0 Å². The van der Waals surface area contributed by atoms with E-state index in [1.54, 1.807) is 43.0 Å². The maximum absolute atomic E-state index is 10.6. The molecule has 0 amide bonds. The summed E-state index contributed by atoms with van der Waals surface area (Å²) < 4.78 is 9.29. The monoisotopic (exact) mass is 734 g/mol. The molecule has 0 saturated carbocycles. The molecule has 18 heteroatoms. The number of carboxylic acid groups (broad SMARTS) is 4. The number of carboxylic acids is 4. The Bertz CT molecular complexity index is 1600. The molecule has 1 aromatic heterocycles. The molecule has 0 fully saturated rings. The summed E-state index contributed by atoms with van der Waals surface area (Å²) in [6, 6.07) is 16.7. The first kappa shape index (κ1) is 48.3. The zero-order chi connectivity index (χ0) is 38.8. The Hall–Kier alpha value is -5.82. The number of aromatic carboxylic acids is 3. The second-order valence-electron chi connectivity index (χ2n) is 9.57. The van der Waals surface area contributed by atoms with E-state index in [2.05, 4.69) is 19.4 Å². The third-order valence-electron chi connectivity index (χ3n) is 5.55. The average molecular weight is 735 g/mol. The van der Waals surface area contributed by atoms with E-state index < -0.39 is 41.9 Å². The van der Waals surface area contributed by atoms with Crippen LogP contribution in [-0.4, -0.2) is 96.7 Å². The van der Waals surface area contributed by atoms with Crippen LogP contribution in [-0.2, 0) is 14.4 Å². The van der Waals surface area contributed by atoms with Gasteiger partial charge in [0.15, 0.2) is 0 Å². The molecule has 0 unspecified atom stereocenters. The molecule has 1 heterocycles. The first-order valence-corrected chi connectivity index (χ1v) is 14.7. The number of aromatic nitrogens is 2. The maximum Gasteiger partial charge on any atom is 2.00 e. The van der Waals surface area contributed by atoms with Gasteiger partial charge in [-0.1, -0.05) is 42.8 Å². The summed E-state index contributed by atoms with van der Waals surface area (Å²) in [6.07, 6.45) is 7.25. The number of rotatable bonds is 10. The number of nitrogens with zero attached hydrogens (tertiary/aromatic N) is 1. The van der Waals surface area contributed by atoms with Gasteiger partial charge in [-0.25, -0.2) is 9.78 Å². The topological polar surface area (TPSA) is 308 Å². The third-order valence-corrected chi connectivity index (χ3v) is 5.55. The number of nitrogens with one attached hydrogen (secondary N) is 1. The summed E-state index contributed by atoms with van der Waals surface area (Å²) >= 11 is 0. The van der Waals surface area contributed by atoms with Crippen LogP contribution in [0, 0.1) is 0 Å². The fraction of sp³-hybridized carbons (Fsp3) is 0.206. The fourth-order valence-corrected chi connectivity index (χ4v) is 3.26. The number of aromatic amines is 1. The van der Waals surface area contributed by atoms with Crippen molar-refractivity contribution in [3.63, 3.8) is 0 Å². The molecular weight excluding hydrogens is 697 g/mol. The number of aliphatic carboxylic acids is 1. The Kier molecular flexibility index (Phi) is 25.9. The van der Waals surface area contributed by atoms with Crippen LogP contribution in [0.25, 0.3) is 0 Å². The standard InChI is InChI=1S/2C9H8O4.C7H6O3.C6H14N2O2.C3H4N2.Mg/c2*1-6(10)13-8-5-3-2-4-7(8)9(11)12;8-6-4-2-1-3-5(6)7(9)10;7-4-2-1-3-5(8)6(9)10;1-2-5-3-4-1;/h2*2-5H,1H3,(H,11,12);1-4,8H,(H,9,10);5H,1-4,7-8H2,(H,9,10);1-3H,(H,4,5);/q;;;;;+2/p-2/t;;;5-;;/m...0../s1. The summed E-state index contributed by atoms with van der Waals surface area (Å²) in [5.41, 5.74) is 10.1. The van der Waals surface area contributed by atoms with Crippen molar-refractivity contribution in [1.29, 1.82) is 0 Å². The molecule has 4 aromatic rings. The van der Waals surface area contributed by atoms with Crippen molar-refractivity contribution in [2.75, 3.05) is 6.54 Å². The molecule has 0 saturated heterocycles. The number of para-hydroxylation sites is 3. The number of hydrogen-bond donors (Lipinski definition) is 6. The zero-order valence-electron chi connectivity index (χ0n) is 28.3. The summed E-state index contributed by atoms with van der Waals surface area (Å²) in [6.45, 7) is 3.00. The van der Waals surface area contributed by atoms with Gasteiger partial charge in [0.25, 0.3) is 0 Å². The van der Waals surface area contributed by atoms with E-state index in [9.17, 15) is 39.0 Å². The molecular formula is C34H38MgN4O13. The molecule has 0 bridgehead atoms. The number of hydrogen-bond acceptors (Lipinski definition) is 14. The van der Waals surface area contributed by atoms with E-state index in [1.807, 2.05) is 0 Å². The summed E-state index contributed by atoms with van der Waals surface area (Å²) in [7, 11) is 0. The number of carbonyl (C=O) groups is 6. The quantitative estimate of drug-likeness (QED) is 0.0562. The van der Waals surface area contributed by atoms with Crippen molar-refractivity contribution in [3.8, 4) is 17.2 Å². The van der Waals surface area contributed by atoms with E-state index in [4.69, 9.17) is 26.8 Å². The van der Waals surface area contributed by atoms with Gasteiger partial charge in [0, 0.05) is 37.4 Å². The smallest absolute Gasteiger partial charge is 0.545 e. The Morgan fingerprint density at radius 1 is 0.769 bits per heavy atom. The molecule has 0 spiro atoms. The SMILES string of the molecule is CC(=O)Oc1ccccc1C(=O)[O-].CC(=O)Oc1ccccc1C(=O)[O-].NCCCC[C@H](N)C(=O)O.O=C(O)c1ccccc1O.[Mg+2].c1c[nH]cn1. The van der Waals surface area contributed by atoms with Crippen molar-refractivity contribution < 1.29 is 63.8 Å². The minimum atomic E-state index is -1.36. The number of benzene rings is 3. The summed E-state index contributed by atoms with van der Waals surface area (Å²) in [5.74, 6) is -6.08. The molecule has 8 N–H and O–H groups in total. The Labute approximate surface area is 314 Å². The minimum Gasteiger partial charge on any atom is -0.545 e. The van der Waals surface area contributed by atoms with Crippen LogP contribution >= 0.6 is 0 Å². The molecule has 274 valence electrons. The fourth-order valence-electron chi connectivity index (χ4n) is 3.26. The van der Waals surface area contributed by atoms with Gasteiger partial charge in [0.05, 0.1) is 18.3 Å². The Balaban J connectivity index is 0. The van der Waals surface area contributed by atoms with Crippen LogP contribution in [0.2, 0.25) is 0 Å². The molecule has 0 aliphatic carbocycles. The first-order chi connectivity index (χ1) is 24.1. The van der Waals surface area contributed by atoms with Gasteiger partial charge < -0.3 is 61.0 Å². The third kappa shape index (κ3) is 22.0. The second-order valence-corrected chi connectivity index (χ2v) is 9.57. The molecule has 0 aliphatic rings. The first-order valence-electron chi connectivity index (χ1n) is 14.7. The number of phenols is 1. The van der Waals surface area contributed by atoms with Crippen molar-refractivity contribution in [3.05, 3.63) is 108 Å². The molecule has 17 nitrogen and oxygen atoms in total. The molecule has 3 aromatic carbocycles. The normalized spacial score (nSPS) is 9.69. The van der Waals surface area contributed by atoms with E-state index in [0.29, 0.717) is 13.0 Å². The number of H-pyrrole nitrogens is 1. The van der Waals surface area contributed by atoms with Gasteiger partial charge in [-0.3, -0.25) is 14.4 Å². The number of imidazole rings is 1. The van der Waals surface area contributed by atoms with Crippen LogP contribution in [0.5, 0.6) is 17.2 Å². The average Bonchev–Trinajstić information content (AvgIpc) is 3.66. The number of ether oxygens (including phenoxy) is 2. The van der Waals surface area contributed by atoms with Crippen LogP contribution in [0.15, 0.2) is 91.5 Å². The van der Waals surface area contributed by atoms with E-state index in [0.717, 1.165) is 12.8 Å². The van der Waals surface area contributed by atoms with E-state index in [-0.39, 0.29) is 57.0 Å². The van der Waals surface area contributed by atoms with Crippen molar-refractivity contribution in [2.24, 2.45) is 11.5 Å². The number of carbonyl (C=O) groups excluding carboxylic acids is 4. The van der Waals surface area contributed by atoms with Crippen molar-refractivity contribution >= 4 is 58.9 Å². The summed E-state index contributed by atoms with van der Waals surface area (Å²) in [4.78, 5) is 68.9. The number of aromatic hydroxyl groups is 1. The number of nitrogens with two attached hydrogens (primary N) is 2. The van der Waals surface area contributed by atoms with Gasteiger partial charge in [0.2, 0.25) is 0 Å². The molecule has 0 aliphatic heterocycles. The minimum absolute atomic E-state index is 0. The van der Waals surface area contributed by atoms with Crippen LogP contribution in [0.3, 0.4) is 0 Å². The number of unbranched alkanes of at least 4 members (excludes halogenated alkanes) is 1. The van der Waals surface area contributed by atoms with Crippen molar-refractivity contribution in [1.82, 2.24) is 9.97 Å². The molecule has 52 heavy (non-hydrogen) atoms. The second kappa shape index (κ2) is 27.9. The van der Waals surface area contributed by atoms with Crippen molar-refractivity contribution in [2.45, 2.75) is 39.2 Å². The van der Waals surface area contributed by atoms with Gasteiger partial charge in [-0.2, -0.15) is 0 Å². The van der Waals surface area contributed by atoms with Crippen LogP contribution in [0.4, 0.5) is 0 Å². The predicted octanol–water partition coefficient (Wildman–Crippen LogP) is 0.597. The molecule has 0 radical (unpaired) electrons. The summed E-state index contributed by atoms with van der Waals surface area (Å²) in [5, 5.41) is 46.6. The van der Waals surface area contributed by atoms with Gasteiger partial charge in [-0.15, -0.1) is 0 Å². The zero-order valence-corrected chi connectivity index (χ0v) is 29.7. The Morgan fingerprint density at radius 3 is 1.50 bits per heavy atom. The Morgan fingerprint density at radius 2 is 1.21 bits per heavy atom.